The molecule has 0 saturated carbocycles. The van der Waals surface area contributed by atoms with Crippen LogP contribution in [-0.2, 0) is 4.79 Å². The molecular formula is C26H27F5N6O3. The number of urea groups is 1. The topological polar surface area (TPSA) is 103 Å². The number of H-pyrrole nitrogens is 1. The summed E-state index contributed by atoms with van der Waals surface area (Å²) in [4.78, 5) is 45.8. The molecule has 3 aromatic rings. The van der Waals surface area contributed by atoms with Crippen molar-refractivity contribution in [1.82, 2.24) is 29.7 Å². The number of nitrogens with zero attached hydrogens (tertiary/aromatic N) is 4. The van der Waals surface area contributed by atoms with E-state index in [0.717, 1.165) is 18.2 Å². The average Bonchev–Trinajstić information content (AvgIpc) is 3.23. The molecule has 2 N–H and O–H groups in total. The number of aromatic amines is 1. The van der Waals surface area contributed by atoms with E-state index in [-0.39, 0.29) is 16.1 Å². The molecule has 3 amide bonds. The van der Waals surface area contributed by atoms with Crippen molar-refractivity contribution in [3.05, 3.63) is 64.2 Å². The molecule has 0 spiro atoms. The fourth-order valence-corrected chi connectivity index (χ4v) is 4.56. The molecule has 2 fully saturated rings. The van der Waals surface area contributed by atoms with Crippen LogP contribution in [0.15, 0.2) is 41.3 Å². The number of amides is 3. The first-order valence-electron chi connectivity index (χ1n) is 16.4. The highest BCUT2D eigenvalue weighted by molar-refractivity contribution is 5.87. The number of fused-ring (bicyclic) bond motifs is 1. The lowest BCUT2D eigenvalue weighted by molar-refractivity contribution is -0.162. The Morgan fingerprint density at radius 3 is 2.62 bits per heavy atom. The van der Waals surface area contributed by atoms with Gasteiger partial charge in [-0.15, -0.1) is 0 Å². The van der Waals surface area contributed by atoms with Crippen LogP contribution in [0.2, 0.25) is 0 Å². The van der Waals surface area contributed by atoms with E-state index in [1.165, 1.54) is 18.3 Å². The number of piperidine rings is 1. The number of pyridine rings is 1. The molecule has 2 aliphatic heterocycles. The second-order valence-corrected chi connectivity index (χ2v) is 9.01. The molecule has 0 aliphatic carbocycles. The Bertz CT molecular complexity index is 1850. The second-order valence-electron chi connectivity index (χ2n) is 9.01. The molecule has 2 atom stereocenters. The molecule has 1 aromatic carbocycles. The third-order valence-corrected chi connectivity index (χ3v) is 6.36. The summed E-state index contributed by atoms with van der Waals surface area (Å²) in [5.41, 5.74) is -2.05. The van der Waals surface area contributed by atoms with E-state index >= 15 is 0 Å². The van der Waals surface area contributed by atoms with E-state index < -0.39 is 116 Å². The predicted molar refractivity (Wildman–Crippen MR) is 133 cm³/mol. The van der Waals surface area contributed by atoms with Crippen LogP contribution in [0.5, 0.6) is 0 Å². The summed E-state index contributed by atoms with van der Waals surface area (Å²) in [6, 6.07) is -2.50. The molecule has 214 valence electrons. The predicted octanol–water partition coefficient (Wildman–Crippen LogP) is 3.69. The Kier molecular flexibility index (Phi) is 5.01. The van der Waals surface area contributed by atoms with Crippen molar-refractivity contribution in [2.75, 3.05) is 26.1 Å². The monoisotopic (exact) mass is 575 g/mol. The number of carbonyl (C=O) groups excluding carboxylic acids is 2. The number of aromatic nitrogens is 3. The van der Waals surface area contributed by atoms with Gasteiger partial charge in [-0.25, -0.2) is 23.4 Å². The highest BCUT2D eigenvalue weighted by Gasteiger charge is 2.40. The summed E-state index contributed by atoms with van der Waals surface area (Å²) in [5, 5.41) is 1.68. The Morgan fingerprint density at radius 1 is 1.15 bits per heavy atom. The van der Waals surface area contributed by atoms with Gasteiger partial charge in [0, 0.05) is 48.7 Å². The molecule has 0 unspecified atom stereocenters. The summed E-state index contributed by atoms with van der Waals surface area (Å²) in [7, 11) is 0. The van der Waals surface area contributed by atoms with Gasteiger partial charge < -0.3 is 15.1 Å². The molecule has 5 rings (SSSR count). The van der Waals surface area contributed by atoms with Crippen LogP contribution in [0.1, 0.15) is 55.4 Å². The van der Waals surface area contributed by atoms with Gasteiger partial charge in [0.1, 0.15) is 12.6 Å². The Hall–Kier alpha value is -3.97. The molecule has 0 bridgehead atoms. The Labute approximate surface area is 237 Å². The van der Waals surface area contributed by atoms with Gasteiger partial charge in [0.2, 0.25) is 5.91 Å². The summed E-state index contributed by atoms with van der Waals surface area (Å²) in [6.45, 7) is -10.7. The van der Waals surface area contributed by atoms with Crippen LogP contribution in [-0.4, -0.2) is 74.6 Å². The van der Waals surface area contributed by atoms with Gasteiger partial charge in [-0.3, -0.25) is 14.3 Å². The maximum Gasteiger partial charge on any atom is 0.406 e. The molecule has 2 saturated heterocycles. The molecule has 40 heavy (non-hydrogen) atoms. The summed E-state index contributed by atoms with van der Waals surface area (Å²) in [5.74, 6) is -5.85. The first kappa shape index (κ1) is 18.4. The molecule has 2 aliphatic rings. The van der Waals surface area contributed by atoms with Crippen molar-refractivity contribution in [1.29, 1.82) is 0 Å². The smallest absolute Gasteiger partial charge is 0.331 e. The minimum absolute atomic E-state index is 0.0564. The first-order chi connectivity index (χ1) is 22.4. The fraction of sp³-hybridized carbons (Fsp3) is 0.462. The quantitative estimate of drug-likeness (QED) is 0.464. The van der Waals surface area contributed by atoms with Crippen LogP contribution >= 0.6 is 0 Å². The largest absolute Gasteiger partial charge is 0.406 e. The summed E-state index contributed by atoms with van der Waals surface area (Å²) in [6.07, 6.45) is -12.6. The van der Waals surface area contributed by atoms with Gasteiger partial charge in [-0.2, -0.15) is 13.2 Å². The lowest BCUT2D eigenvalue weighted by Gasteiger charge is -2.34. The minimum Gasteiger partial charge on any atom is -0.331 e. The number of likely N-dealkylation sites (tertiary alicyclic amines) is 2. The van der Waals surface area contributed by atoms with Gasteiger partial charge >= 0.3 is 17.9 Å². The van der Waals surface area contributed by atoms with E-state index in [2.05, 4.69) is 9.97 Å². The molecule has 14 heteroatoms. The zero-order valence-electron chi connectivity index (χ0n) is 29.4. The second kappa shape index (κ2) is 10.9. The van der Waals surface area contributed by atoms with E-state index in [1.807, 2.05) is 0 Å². The van der Waals surface area contributed by atoms with E-state index in [1.54, 1.807) is 5.32 Å². The maximum atomic E-state index is 14.7. The van der Waals surface area contributed by atoms with Crippen molar-refractivity contribution < 1.29 is 43.9 Å². The SMILES string of the molecule is [2H]C1([2H])C(n2c(=O)[nH]c3ncccc32)C([2H])([2H])C([2H])([2H])N(C(=O)N[C@]2([2H])CC[C@@H](c3cccc(F)c3F)CN(CC(F)(F)F)C2=O)C1([2H])[2H]. The van der Waals surface area contributed by atoms with E-state index in [0.29, 0.717) is 4.57 Å². The van der Waals surface area contributed by atoms with Crippen molar-refractivity contribution in [3.8, 4) is 0 Å². The normalized spacial score (nSPS) is 31.3. The van der Waals surface area contributed by atoms with Gasteiger partial charge in [0.15, 0.2) is 17.3 Å². The van der Waals surface area contributed by atoms with Crippen LogP contribution in [0, 0.1) is 11.6 Å². The van der Waals surface area contributed by atoms with Crippen LogP contribution in [0.4, 0.5) is 26.7 Å². The van der Waals surface area contributed by atoms with Crippen molar-refractivity contribution >= 4 is 23.1 Å². The standard InChI is InChI=1S/C26H27F5N6O3/c27-18-4-1-3-17(21(18)28)15-6-7-19(23(38)36(13-15)14-26(29,30)31)33-24(39)35-11-8-16(9-12-35)37-20-5-2-10-32-22(20)34-25(37)40/h1-5,10,15-16,19H,6-9,11-14H2,(H,33,39)(H,32,34,40)/t15-,19-/m1/s1/i8D2,9D2,11D2,12D2,19D. The maximum absolute atomic E-state index is 14.7. The molecular weight excluding hydrogens is 539 g/mol. The number of hydrogen-bond acceptors (Lipinski definition) is 4. The lowest BCUT2D eigenvalue weighted by atomic mass is 9.93. The van der Waals surface area contributed by atoms with Gasteiger partial charge in [-0.05, 0) is 49.4 Å². The summed E-state index contributed by atoms with van der Waals surface area (Å²) < 4.78 is 148. The molecule has 2 aromatic heterocycles. The fourth-order valence-electron chi connectivity index (χ4n) is 4.56. The highest BCUT2D eigenvalue weighted by Crippen LogP contribution is 2.32. The van der Waals surface area contributed by atoms with Crippen LogP contribution < -0.4 is 11.0 Å². The lowest BCUT2D eigenvalue weighted by Crippen LogP contribution is -2.54. The number of benzene rings is 1. The summed E-state index contributed by atoms with van der Waals surface area (Å²) >= 11 is 0. The zero-order chi connectivity index (χ0) is 36.7. The molecule has 0 radical (unpaired) electrons. The van der Waals surface area contributed by atoms with Crippen molar-refractivity contribution in [2.24, 2.45) is 0 Å². The van der Waals surface area contributed by atoms with Crippen LogP contribution in [0.3, 0.4) is 0 Å². The zero-order valence-corrected chi connectivity index (χ0v) is 20.4. The third kappa shape index (κ3) is 5.65. The molecule has 4 heterocycles. The van der Waals surface area contributed by atoms with Gasteiger partial charge in [0.25, 0.3) is 0 Å². The van der Waals surface area contributed by atoms with Crippen LogP contribution in [0.25, 0.3) is 11.2 Å². The van der Waals surface area contributed by atoms with Crippen molar-refractivity contribution in [2.45, 2.75) is 49.7 Å². The minimum atomic E-state index is -5.09. The first-order valence-corrected chi connectivity index (χ1v) is 11.9. The number of alkyl halides is 3. The number of carbonyl (C=O) groups is 2. The number of rotatable bonds is 4. The van der Waals surface area contributed by atoms with E-state index in [4.69, 9.17) is 12.3 Å². The number of imidazole rings is 1. The van der Waals surface area contributed by atoms with Gasteiger partial charge in [0.05, 0.1) is 6.89 Å². The number of halogens is 5. The highest BCUT2D eigenvalue weighted by atomic mass is 19.4. The van der Waals surface area contributed by atoms with Gasteiger partial charge in [-0.1, -0.05) is 12.1 Å². The number of nitrogens with one attached hydrogen (secondary N) is 2. The Morgan fingerprint density at radius 2 is 1.90 bits per heavy atom. The van der Waals surface area contributed by atoms with Crippen molar-refractivity contribution in [3.63, 3.8) is 0 Å². The molecule has 9 nitrogen and oxygen atoms in total. The average molecular weight is 576 g/mol. The van der Waals surface area contributed by atoms with E-state index in [9.17, 15) is 36.3 Å². The number of hydrogen-bond donors (Lipinski definition) is 2. The Balaban J connectivity index is 1.56. The third-order valence-electron chi connectivity index (χ3n) is 6.36.